The molecule has 3 rings (SSSR count). The molecule has 0 saturated carbocycles. The van der Waals surface area contributed by atoms with Gasteiger partial charge in [-0.3, -0.25) is 4.79 Å². The van der Waals surface area contributed by atoms with E-state index in [0.29, 0.717) is 0 Å². The number of benzene rings is 3. The average Bonchev–Trinajstić information content (AvgIpc) is 2.63. The largest absolute Gasteiger partial charge is 0.483 e. The first-order valence-corrected chi connectivity index (χ1v) is 9.42. The molecule has 0 fully saturated rings. The standard InChI is InChI=1S/C22H21BrN2O2/c1-15-12-17(23)13-16(2)22(15)27-14-21(26)25-20-10-8-19(9-11-20)24-18-6-4-3-5-7-18/h3-13,24H,14H2,1-2H3,(H,25,26). The number of anilines is 3. The molecule has 0 saturated heterocycles. The van der Waals surface area contributed by atoms with Crippen molar-refractivity contribution in [1.29, 1.82) is 0 Å². The zero-order chi connectivity index (χ0) is 19.2. The summed E-state index contributed by atoms with van der Waals surface area (Å²) in [6, 6.07) is 21.4. The van der Waals surface area contributed by atoms with Crippen molar-refractivity contribution in [2.24, 2.45) is 0 Å². The molecule has 1 amide bonds. The highest BCUT2D eigenvalue weighted by atomic mass is 79.9. The number of halogens is 1. The minimum atomic E-state index is -0.194. The van der Waals surface area contributed by atoms with E-state index in [2.05, 4.69) is 26.6 Å². The summed E-state index contributed by atoms with van der Waals surface area (Å²) in [6.45, 7) is 3.89. The Hall–Kier alpha value is -2.79. The van der Waals surface area contributed by atoms with Crippen molar-refractivity contribution in [3.8, 4) is 5.75 Å². The van der Waals surface area contributed by atoms with Gasteiger partial charge >= 0.3 is 0 Å². The van der Waals surface area contributed by atoms with Crippen molar-refractivity contribution in [3.63, 3.8) is 0 Å². The molecule has 0 radical (unpaired) electrons. The van der Waals surface area contributed by atoms with Gasteiger partial charge in [0.15, 0.2) is 6.61 Å². The topological polar surface area (TPSA) is 50.4 Å². The van der Waals surface area contributed by atoms with Crippen LogP contribution in [-0.4, -0.2) is 12.5 Å². The monoisotopic (exact) mass is 424 g/mol. The second-order valence-electron chi connectivity index (χ2n) is 6.27. The molecule has 3 aromatic rings. The van der Waals surface area contributed by atoms with Gasteiger partial charge in [0.05, 0.1) is 0 Å². The lowest BCUT2D eigenvalue weighted by Gasteiger charge is -2.13. The van der Waals surface area contributed by atoms with Gasteiger partial charge in [-0.1, -0.05) is 34.1 Å². The van der Waals surface area contributed by atoms with Gasteiger partial charge in [0.2, 0.25) is 0 Å². The highest BCUT2D eigenvalue weighted by molar-refractivity contribution is 9.10. The summed E-state index contributed by atoms with van der Waals surface area (Å²) < 4.78 is 6.71. The minimum absolute atomic E-state index is 0.0344. The molecule has 27 heavy (non-hydrogen) atoms. The second kappa shape index (κ2) is 8.73. The number of carbonyl (C=O) groups excluding carboxylic acids is 1. The highest BCUT2D eigenvalue weighted by Crippen LogP contribution is 2.27. The number of rotatable bonds is 6. The van der Waals surface area contributed by atoms with Gasteiger partial charge in [-0.25, -0.2) is 0 Å². The molecule has 0 aliphatic rings. The van der Waals surface area contributed by atoms with E-state index in [-0.39, 0.29) is 12.5 Å². The Labute approximate surface area is 167 Å². The molecule has 0 bridgehead atoms. The maximum Gasteiger partial charge on any atom is 0.262 e. The summed E-state index contributed by atoms with van der Waals surface area (Å²) in [5, 5.41) is 6.16. The summed E-state index contributed by atoms with van der Waals surface area (Å²) >= 11 is 3.46. The van der Waals surface area contributed by atoms with Crippen LogP contribution in [0.3, 0.4) is 0 Å². The number of ether oxygens (including phenoxy) is 1. The van der Waals surface area contributed by atoms with Crippen LogP contribution in [0.5, 0.6) is 5.75 Å². The van der Waals surface area contributed by atoms with E-state index in [4.69, 9.17) is 4.74 Å². The first-order chi connectivity index (χ1) is 13.0. The minimum Gasteiger partial charge on any atom is -0.483 e. The van der Waals surface area contributed by atoms with Crippen LogP contribution >= 0.6 is 15.9 Å². The molecule has 0 aromatic heterocycles. The van der Waals surface area contributed by atoms with Crippen molar-refractivity contribution < 1.29 is 9.53 Å². The molecule has 0 aliphatic carbocycles. The Kier molecular flexibility index (Phi) is 6.14. The zero-order valence-electron chi connectivity index (χ0n) is 15.3. The van der Waals surface area contributed by atoms with Gasteiger partial charge in [0.1, 0.15) is 5.75 Å². The van der Waals surface area contributed by atoms with E-state index < -0.39 is 0 Å². The van der Waals surface area contributed by atoms with Gasteiger partial charge < -0.3 is 15.4 Å². The van der Waals surface area contributed by atoms with Crippen LogP contribution in [0.15, 0.2) is 71.2 Å². The summed E-state index contributed by atoms with van der Waals surface area (Å²) in [4.78, 5) is 12.2. The van der Waals surface area contributed by atoms with E-state index >= 15 is 0 Å². The van der Waals surface area contributed by atoms with Crippen LogP contribution in [0.1, 0.15) is 11.1 Å². The molecule has 0 heterocycles. The van der Waals surface area contributed by atoms with Crippen LogP contribution in [0.2, 0.25) is 0 Å². The normalized spacial score (nSPS) is 10.3. The lowest BCUT2D eigenvalue weighted by atomic mass is 10.1. The predicted octanol–water partition coefficient (Wildman–Crippen LogP) is 5.83. The van der Waals surface area contributed by atoms with Crippen LogP contribution in [-0.2, 0) is 4.79 Å². The van der Waals surface area contributed by atoms with Gasteiger partial charge in [0, 0.05) is 21.5 Å². The Bertz CT molecular complexity index is 902. The first-order valence-electron chi connectivity index (χ1n) is 8.63. The van der Waals surface area contributed by atoms with Crippen LogP contribution < -0.4 is 15.4 Å². The fraction of sp³-hybridized carbons (Fsp3) is 0.136. The van der Waals surface area contributed by atoms with Crippen molar-refractivity contribution in [1.82, 2.24) is 0 Å². The summed E-state index contributed by atoms with van der Waals surface area (Å²) in [7, 11) is 0. The molecule has 4 nitrogen and oxygen atoms in total. The highest BCUT2D eigenvalue weighted by Gasteiger charge is 2.09. The van der Waals surface area contributed by atoms with E-state index in [1.807, 2.05) is 80.6 Å². The molecular weight excluding hydrogens is 404 g/mol. The molecule has 0 unspecified atom stereocenters. The van der Waals surface area contributed by atoms with E-state index in [1.54, 1.807) is 0 Å². The summed E-state index contributed by atoms with van der Waals surface area (Å²) in [5.41, 5.74) is 4.68. The van der Waals surface area contributed by atoms with E-state index in [0.717, 1.165) is 38.4 Å². The van der Waals surface area contributed by atoms with Crippen molar-refractivity contribution >= 4 is 38.9 Å². The third-order valence-corrected chi connectivity index (χ3v) is 4.46. The van der Waals surface area contributed by atoms with Crippen LogP contribution in [0, 0.1) is 13.8 Å². The third-order valence-electron chi connectivity index (χ3n) is 4.00. The Morgan fingerprint density at radius 3 is 2.07 bits per heavy atom. The fourth-order valence-corrected chi connectivity index (χ4v) is 3.47. The Morgan fingerprint density at radius 1 is 0.889 bits per heavy atom. The van der Waals surface area contributed by atoms with Crippen molar-refractivity contribution in [2.75, 3.05) is 17.2 Å². The maximum atomic E-state index is 12.2. The molecule has 5 heteroatoms. The molecule has 138 valence electrons. The lowest BCUT2D eigenvalue weighted by molar-refractivity contribution is -0.118. The molecule has 0 atom stereocenters. The van der Waals surface area contributed by atoms with Gasteiger partial charge in [-0.05, 0) is 73.5 Å². The predicted molar refractivity (Wildman–Crippen MR) is 114 cm³/mol. The fourth-order valence-electron chi connectivity index (χ4n) is 2.78. The molecule has 0 aliphatic heterocycles. The van der Waals surface area contributed by atoms with Crippen LogP contribution in [0.25, 0.3) is 0 Å². The second-order valence-corrected chi connectivity index (χ2v) is 7.19. The van der Waals surface area contributed by atoms with Gasteiger partial charge in [-0.15, -0.1) is 0 Å². The number of hydrogen-bond donors (Lipinski definition) is 2. The number of amides is 1. The maximum absolute atomic E-state index is 12.2. The van der Waals surface area contributed by atoms with E-state index in [9.17, 15) is 4.79 Å². The van der Waals surface area contributed by atoms with Gasteiger partial charge in [0.25, 0.3) is 5.91 Å². The quantitative estimate of drug-likeness (QED) is 0.523. The Morgan fingerprint density at radius 2 is 1.44 bits per heavy atom. The van der Waals surface area contributed by atoms with Crippen LogP contribution in [0.4, 0.5) is 17.1 Å². The Balaban J connectivity index is 1.55. The summed E-state index contributed by atoms with van der Waals surface area (Å²) in [6.07, 6.45) is 0. The van der Waals surface area contributed by atoms with E-state index in [1.165, 1.54) is 0 Å². The number of aryl methyl sites for hydroxylation is 2. The van der Waals surface area contributed by atoms with Gasteiger partial charge in [-0.2, -0.15) is 0 Å². The van der Waals surface area contributed by atoms with Crippen molar-refractivity contribution in [2.45, 2.75) is 13.8 Å². The SMILES string of the molecule is Cc1cc(Br)cc(C)c1OCC(=O)Nc1ccc(Nc2ccccc2)cc1. The number of hydrogen-bond acceptors (Lipinski definition) is 3. The third kappa shape index (κ3) is 5.34. The molecule has 2 N–H and O–H groups in total. The number of nitrogens with one attached hydrogen (secondary N) is 2. The van der Waals surface area contributed by atoms with Crippen molar-refractivity contribution in [3.05, 3.63) is 82.3 Å². The number of para-hydroxylation sites is 1. The number of carbonyl (C=O) groups is 1. The lowest BCUT2D eigenvalue weighted by Crippen LogP contribution is -2.20. The smallest absolute Gasteiger partial charge is 0.262 e. The molecule has 0 spiro atoms. The first kappa shape index (κ1) is 19.0. The average molecular weight is 425 g/mol. The molecular formula is C22H21BrN2O2. The molecule has 3 aromatic carbocycles. The summed E-state index contributed by atoms with van der Waals surface area (Å²) in [5.74, 6) is 0.552. The zero-order valence-corrected chi connectivity index (χ0v) is 16.8.